The lowest BCUT2D eigenvalue weighted by Gasteiger charge is -2.34. The Kier molecular flexibility index (Phi) is 7.19. The molecular formula is C12H24N2O4. The summed E-state index contributed by atoms with van der Waals surface area (Å²) in [5, 5.41) is 0. The van der Waals surface area contributed by atoms with Crippen molar-refractivity contribution in [2.24, 2.45) is 5.73 Å². The van der Waals surface area contributed by atoms with Gasteiger partial charge < -0.3 is 19.9 Å². The van der Waals surface area contributed by atoms with Crippen molar-refractivity contribution in [3.63, 3.8) is 0 Å². The Morgan fingerprint density at radius 3 is 3.00 bits per heavy atom. The molecular weight excluding hydrogens is 236 g/mol. The van der Waals surface area contributed by atoms with Gasteiger partial charge in [0.15, 0.2) is 0 Å². The van der Waals surface area contributed by atoms with Crippen molar-refractivity contribution in [2.45, 2.75) is 25.5 Å². The first-order valence-electron chi connectivity index (χ1n) is 6.44. The zero-order chi connectivity index (χ0) is 13.4. The second kappa shape index (κ2) is 8.42. The normalized spacial score (nSPS) is 22.7. The highest BCUT2D eigenvalue weighted by Crippen LogP contribution is 2.10. The Morgan fingerprint density at radius 2 is 2.39 bits per heavy atom. The van der Waals surface area contributed by atoms with Crippen LogP contribution < -0.4 is 5.73 Å². The Morgan fingerprint density at radius 1 is 1.61 bits per heavy atom. The van der Waals surface area contributed by atoms with Crippen LogP contribution >= 0.6 is 0 Å². The van der Waals surface area contributed by atoms with Crippen molar-refractivity contribution >= 4 is 5.97 Å². The molecule has 0 radical (unpaired) electrons. The van der Waals surface area contributed by atoms with Crippen LogP contribution in [0.5, 0.6) is 0 Å². The molecule has 1 saturated heterocycles. The molecule has 106 valence electrons. The fourth-order valence-corrected chi connectivity index (χ4v) is 2.07. The van der Waals surface area contributed by atoms with Gasteiger partial charge in [0.25, 0.3) is 0 Å². The number of nitrogens with zero attached hydrogens (tertiary/aromatic N) is 1. The molecule has 0 aliphatic carbocycles. The maximum absolute atomic E-state index is 11.6. The molecule has 1 heterocycles. The number of nitrogens with two attached hydrogens (primary N) is 1. The van der Waals surface area contributed by atoms with E-state index >= 15 is 0 Å². The van der Waals surface area contributed by atoms with E-state index in [4.69, 9.17) is 19.9 Å². The number of rotatable bonds is 7. The van der Waals surface area contributed by atoms with Gasteiger partial charge in [-0.3, -0.25) is 9.69 Å². The van der Waals surface area contributed by atoms with E-state index in [0.29, 0.717) is 26.4 Å². The molecule has 18 heavy (non-hydrogen) atoms. The zero-order valence-electron chi connectivity index (χ0n) is 11.3. The van der Waals surface area contributed by atoms with Crippen LogP contribution in [0.15, 0.2) is 0 Å². The Bertz CT molecular complexity index is 250. The van der Waals surface area contributed by atoms with Crippen LogP contribution in [0.25, 0.3) is 0 Å². The molecule has 0 spiro atoms. The highest BCUT2D eigenvalue weighted by Gasteiger charge is 2.30. The van der Waals surface area contributed by atoms with Crippen molar-refractivity contribution in [3.8, 4) is 0 Å². The minimum Gasteiger partial charge on any atom is -0.468 e. The topological polar surface area (TPSA) is 74.0 Å². The summed E-state index contributed by atoms with van der Waals surface area (Å²) >= 11 is 0. The van der Waals surface area contributed by atoms with Crippen molar-refractivity contribution in [2.75, 3.05) is 46.6 Å². The minimum atomic E-state index is -0.302. The number of carbonyl (C=O) groups is 1. The number of hydrogen-bond donors (Lipinski definition) is 1. The average Bonchev–Trinajstić information content (AvgIpc) is 2.43. The predicted molar refractivity (Wildman–Crippen MR) is 67.3 cm³/mol. The van der Waals surface area contributed by atoms with Crippen molar-refractivity contribution in [1.29, 1.82) is 0 Å². The lowest BCUT2D eigenvalue weighted by molar-refractivity contribution is -0.153. The molecule has 0 bridgehead atoms. The fraction of sp³-hybridized carbons (Fsp3) is 0.917. The van der Waals surface area contributed by atoms with Gasteiger partial charge in [0, 0.05) is 26.2 Å². The Labute approximate surface area is 108 Å². The first-order chi connectivity index (χ1) is 8.72. The van der Waals surface area contributed by atoms with Crippen LogP contribution in [0.2, 0.25) is 0 Å². The van der Waals surface area contributed by atoms with Gasteiger partial charge in [0.05, 0.1) is 26.4 Å². The maximum Gasteiger partial charge on any atom is 0.325 e. The monoisotopic (exact) mass is 260 g/mol. The number of morpholine rings is 1. The SMILES string of the molecule is CCOC(CN)CCN1CCOCC1C(=O)OC. The highest BCUT2D eigenvalue weighted by molar-refractivity contribution is 5.75. The fourth-order valence-electron chi connectivity index (χ4n) is 2.07. The van der Waals surface area contributed by atoms with Crippen LogP contribution in [-0.2, 0) is 19.0 Å². The first-order valence-corrected chi connectivity index (χ1v) is 6.44. The molecule has 0 saturated carbocycles. The van der Waals surface area contributed by atoms with Crippen LogP contribution in [0.1, 0.15) is 13.3 Å². The molecule has 1 aliphatic rings. The van der Waals surface area contributed by atoms with E-state index in [-0.39, 0.29) is 18.1 Å². The van der Waals surface area contributed by atoms with E-state index in [2.05, 4.69) is 4.90 Å². The summed E-state index contributed by atoms with van der Waals surface area (Å²) in [6.07, 6.45) is 0.869. The quantitative estimate of drug-likeness (QED) is 0.629. The van der Waals surface area contributed by atoms with Gasteiger partial charge >= 0.3 is 5.97 Å². The van der Waals surface area contributed by atoms with Crippen LogP contribution in [0.4, 0.5) is 0 Å². The van der Waals surface area contributed by atoms with Gasteiger partial charge in [-0.1, -0.05) is 0 Å². The highest BCUT2D eigenvalue weighted by atomic mass is 16.5. The van der Waals surface area contributed by atoms with Crippen molar-refractivity contribution < 1.29 is 19.0 Å². The Balaban J connectivity index is 2.43. The van der Waals surface area contributed by atoms with Crippen LogP contribution in [0, 0.1) is 0 Å². The molecule has 1 rings (SSSR count). The van der Waals surface area contributed by atoms with Gasteiger partial charge in [0.2, 0.25) is 0 Å². The third kappa shape index (κ3) is 4.53. The van der Waals surface area contributed by atoms with E-state index < -0.39 is 0 Å². The van der Waals surface area contributed by atoms with Gasteiger partial charge in [0.1, 0.15) is 6.04 Å². The minimum absolute atomic E-state index is 0.0520. The number of carbonyl (C=O) groups excluding carboxylic acids is 1. The lowest BCUT2D eigenvalue weighted by atomic mass is 10.2. The molecule has 0 aromatic carbocycles. The third-order valence-electron chi connectivity index (χ3n) is 3.12. The molecule has 2 N–H and O–H groups in total. The van der Waals surface area contributed by atoms with E-state index in [1.54, 1.807) is 0 Å². The molecule has 1 fully saturated rings. The first kappa shape index (κ1) is 15.4. The standard InChI is InChI=1S/C12H24N2O4/c1-3-18-10(8-13)4-5-14-6-7-17-9-11(14)12(15)16-2/h10-11H,3-9,13H2,1-2H3. The summed E-state index contributed by atoms with van der Waals surface area (Å²) in [5.74, 6) is -0.240. The summed E-state index contributed by atoms with van der Waals surface area (Å²) in [6.45, 7) is 5.67. The smallest absolute Gasteiger partial charge is 0.325 e. The molecule has 0 aromatic rings. The van der Waals surface area contributed by atoms with Crippen LogP contribution in [0.3, 0.4) is 0 Å². The summed E-state index contributed by atoms with van der Waals surface area (Å²) in [7, 11) is 1.40. The average molecular weight is 260 g/mol. The third-order valence-corrected chi connectivity index (χ3v) is 3.12. The summed E-state index contributed by atoms with van der Waals surface area (Å²) in [5.41, 5.74) is 5.64. The van der Waals surface area contributed by atoms with E-state index in [1.165, 1.54) is 7.11 Å². The van der Waals surface area contributed by atoms with E-state index in [1.807, 2.05) is 6.92 Å². The molecule has 6 heteroatoms. The molecule has 2 unspecified atom stereocenters. The second-order valence-electron chi connectivity index (χ2n) is 4.25. The predicted octanol–water partition coefficient (Wildman–Crippen LogP) is -0.386. The number of esters is 1. The second-order valence-corrected chi connectivity index (χ2v) is 4.25. The summed E-state index contributed by atoms with van der Waals surface area (Å²) < 4.78 is 15.6. The largest absolute Gasteiger partial charge is 0.468 e. The van der Waals surface area contributed by atoms with E-state index in [0.717, 1.165) is 19.5 Å². The maximum atomic E-state index is 11.6. The van der Waals surface area contributed by atoms with Gasteiger partial charge in [-0.05, 0) is 13.3 Å². The molecule has 0 amide bonds. The Hall–Kier alpha value is -0.690. The van der Waals surface area contributed by atoms with Gasteiger partial charge in [-0.2, -0.15) is 0 Å². The molecule has 6 nitrogen and oxygen atoms in total. The molecule has 1 aliphatic heterocycles. The summed E-state index contributed by atoms with van der Waals surface area (Å²) in [6, 6.07) is -0.302. The summed E-state index contributed by atoms with van der Waals surface area (Å²) in [4.78, 5) is 13.7. The van der Waals surface area contributed by atoms with Gasteiger partial charge in [-0.15, -0.1) is 0 Å². The van der Waals surface area contributed by atoms with Crippen molar-refractivity contribution in [1.82, 2.24) is 4.90 Å². The number of ether oxygens (including phenoxy) is 3. The lowest BCUT2D eigenvalue weighted by Crippen LogP contribution is -2.51. The number of hydrogen-bond acceptors (Lipinski definition) is 6. The van der Waals surface area contributed by atoms with Crippen LogP contribution in [-0.4, -0.2) is 69.6 Å². The molecule has 0 aromatic heterocycles. The van der Waals surface area contributed by atoms with Crippen molar-refractivity contribution in [3.05, 3.63) is 0 Å². The zero-order valence-corrected chi connectivity index (χ0v) is 11.3. The van der Waals surface area contributed by atoms with Gasteiger partial charge in [-0.25, -0.2) is 0 Å². The number of methoxy groups -OCH3 is 1. The van der Waals surface area contributed by atoms with E-state index in [9.17, 15) is 4.79 Å². The molecule has 2 atom stereocenters.